The number of ether oxygens (including phenoxy) is 4. The number of hydrogen-bond donors (Lipinski definition) is 0. The molecule has 0 N–H and O–H groups in total. The summed E-state index contributed by atoms with van der Waals surface area (Å²) >= 11 is 0. The van der Waals surface area contributed by atoms with E-state index in [1.807, 2.05) is 6.07 Å². The van der Waals surface area contributed by atoms with E-state index in [4.69, 9.17) is 18.9 Å². The molecule has 2 aliphatic heterocycles. The quantitative estimate of drug-likeness (QED) is 0.700. The molecule has 1 aliphatic carbocycles. The van der Waals surface area contributed by atoms with Crippen molar-refractivity contribution in [3.63, 3.8) is 0 Å². The van der Waals surface area contributed by atoms with Gasteiger partial charge in [0.15, 0.2) is 23.0 Å². The Morgan fingerprint density at radius 1 is 0.933 bits per heavy atom. The zero-order chi connectivity index (χ0) is 20.7. The van der Waals surface area contributed by atoms with Gasteiger partial charge in [0.2, 0.25) is 0 Å². The third-order valence-corrected chi connectivity index (χ3v) is 7.11. The first-order chi connectivity index (χ1) is 14.7. The largest absolute Gasteiger partial charge is 0.493 e. The number of nitrogens with zero attached hydrogens (tertiary/aromatic N) is 1. The van der Waals surface area contributed by atoms with Gasteiger partial charge in [0.05, 0.1) is 27.9 Å². The second-order valence-corrected chi connectivity index (χ2v) is 8.69. The first-order valence-corrected chi connectivity index (χ1v) is 11.0. The summed E-state index contributed by atoms with van der Waals surface area (Å²) in [5.74, 6) is 4.15. The third-order valence-electron chi connectivity index (χ3n) is 7.11. The van der Waals surface area contributed by atoms with Gasteiger partial charge in [0.1, 0.15) is 0 Å². The topological polar surface area (TPSA) is 40.2 Å². The molecule has 1 fully saturated rings. The molecule has 0 aromatic heterocycles. The molecule has 5 rings (SSSR count). The molecule has 1 saturated carbocycles. The smallest absolute Gasteiger partial charge is 0.165 e. The minimum Gasteiger partial charge on any atom is -0.493 e. The maximum absolute atomic E-state index is 6.18. The summed E-state index contributed by atoms with van der Waals surface area (Å²) in [4.78, 5) is 2.56. The van der Waals surface area contributed by atoms with Crippen LogP contribution in [-0.2, 0) is 19.4 Å². The predicted molar refractivity (Wildman–Crippen MR) is 116 cm³/mol. The van der Waals surface area contributed by atoms with Gasteiger partial charge in [-0.3, -0.25) is 4.90 Å². The highest BCUT2D eigenvalue weighted by Crippen LogP contribution is 2.46. The number of rotatable bonds is 6. The van der Waals surface area contributed by atoms with Crippen molar-refractivity contribution in [2.24, 2.45) is 5.92 Å². The van der Waals surface area contributed by atoms with Crippen LogP contribution in [0.1, 0.15) is 47.6 Å². The molecule has 1 atom stereocenters. The molecule has 2 aromatic carbocycles. The number of methoxy groups -OCH3 is 3. The molecule has 0 bridgehead atoms. The molecule has 5 nitrogen and oxygen atoms in total. The lowest BCUT2D eigenvalue weighted by Gasteiger charge is -2.42. The molecule has 0 radical (unpaired) electrons. The normalized spacial score (nSPS) is 20.4. The minimum atomic E-state index is 0.355. The van der Waals surface area contributed by atoms with E-state index in [0.717, 1.165) is 55.5 Å². The highest BCUT2D eigenvalue weighted by molar-refractivity contribution is 5.54. The number of benzene rings is 2. The summed E-state index contributed by atoms with van der Waals surface area (Å²) in [6.45, 7) is 2.72. The summed E-state index contributed by atoms with van der Waals surface area (Å²) in [6.07, 6.45) is 5.91. The van der Waals surface area contributed by atoms with E-state index in [9.17, 15) is 0 Å². The van der Waals surface area contributed by atoms with E-state index >= 15 is 0 Å². The van der Waals surface area contributed by atoms with Crippen molar-refractivity contribution in [2.45, 2.75) is 44.7 Å². The molecular formula is C25H31NO4. The first-order valence-electron chi connectivity index (χ1n) is 11.0. The Kier molecular flexibility index (Phi) is 5.23. The van der Waals surface area contributed by atoms with Gasteiger partial charge in [-0.05, 0) is 66.5 Å². The summed E-state index contributed by atoms with van der Waals surface area (Å²) in [5.41, 5.74) is 5.36. The first kappa shape index (κ1) is 19.6. The Morgan fingerprint density at radius 3 is 2.47 bits per heavy atom. The number of hydrogen-bond acceptors (Lipinski definition) is 5. The molecule has 2 heterocycles. The molecule has 30 heavy (non-hydrogen) atoms. The van der Waals surface area contributed by atoms with Crippen LogP contribution in [0.5, 0.6) is 23.0 Å². The van der Waals surface area contributed by atoms with Crippen LogP contribution in [0, 0.1) is 5.92 Å². The lowest BCUT2D eigenvalue weighted by Crippen LogP contribution is -2.39. The van der Waals surface area contributed by atoms with E-state index in [1.165, 1.54) is 41.5 Å². The lowest BCUT2D eigenvalue weighted by molar-refractivity contribution is 0.155. The standard InChI is InChI=1S/C25H31NO4/c1-27-22-8-7-17-11-21-19-13-23(28-2)24(30-15-16-5-4-6-16)12-18(19)9-10-26(21)14-20(17)25(22)29-3/h7-8,12-13,16,21H,4-6,9-11,14-15H2,1-3H3. The molecule has 160 valence electrons. The van der Waals surface area contributed by atoms with Crippen molar-refractivity contribution in [1.29, 1.82) is 0 Å². The molecule has 0 amide bonds. The van der Waals surface area contributed by atoms with Gasteiger partial charge in [0.25, 0.3) is 0 Å². The lowest BCUT2D eigenvalue weighted by atomic mass is 9.83. The SMILES string of the molecule is COc1cc2c(cc1OCC1CCC1)CCN1Cc3c(ccc(OC)c3OC)CC21. The van der Waals surface area contributed by atoms with Crippen molar-refractivity contribution in [3.8, 4) is 23.0 Å². The Labute approximate surface area is 178 Å². The zero-order valence-corrected chi connectivity index (χ0v) is 18.2. The molecule has 5 heteroatoms. The van der Waals surface area contributed by atoms with Gasteiger partial charge >= 0.3 is 0 Å². The van der Waals surface area contributed by atoms with E-state index < -0.39 is 0 Å². The molecular weight excluding hydrogens is 378 g/mol. The minimum absolute atomic E-state index is 0.355. The van der Waals surface area contributed by atoms with E-state index in [2.05, 4.69) is 23.1 Å². The van der Waals surface area contributed by atoms with Crippen LogP contribution >= 0.6 is 0 Å². The monoisotopic (exact) mass is 409 g/mol. The molecule has 2 aromatic rings. The Hall–Kier alpha value is -2.40. The van der Waals surface area contributed by atoms with Crippen LogP contribution < -0.4 is 18.9 Å². The van der Waals surface area contributed by atoms with E-state index in [-0.39, 0.29) is 0 Å². The van der Waals surface area contributed by atoms with Crippen molar-refractivity contribution in [2.75, 3.05) is 34.5 Å². The fourth-order valence-corrected chi connectivity index (χ4v) is 5.14. The van der Waals surface area contributed by atoms with Crippen LogP contribution in [0.15, 0.2) is 24.3 Å². The van der Waals surface area contributed by atoms with Gasteiger partial charge in [-0.25, -0.2) is 0 Å². The fraction of sp³-hybridized carbons (Fsp3) is 0.520. The van der Waals surface area contributed by atoms with Crippen molar-refractivity contribution < 1.29 is 18.9 Å². The van der Waals surface area contributed by atoms with Crippen LogP contribution in [0.4, 0.5) is 0 Å². The average Bonchev–Trinajstić information content (AvgIpc) is 2.75. The highest BCUT2D eigenvalue weighted by atomic mass is 16.5. The highest BCUT2D eigenvalue weighted by Gasteiger charge is 2.35. The fourth-order valence-electron chi connectivity index (χ4n) is 5.14. The van der Waals surface area contributed by atoms with Crippen LogP contribution in [-0.4, -0.2) is 39.4 Å². The average molecular weight is 410 g/mol. The maximum atomic E-state index is 6.18. The van der Waals surface area contributed by atoms with Crippen molar-refractivity contribution in [3.05, 3.63) is 46.5 Å². The molecule has 0 spiro atoms. The summed E-state index contributed by atoms with van der Waals surface area (Å²) in [7, 11) is 5.17. The van der Waals surface area contributed by atoms with Crippen LogP contribution in [0.2, 0.25) is 0 Å². The molecule has 1 unspecified atom stereocenters. The second-order valence-electron chi connectivity index (χ2n) is 8.69. The summed E-state index contributed by atoms with van der Waals surface area (Å²) < 4.78 is 23.1. The second kappa shape index (κ2) is 8.03. The van der Waals surface area contributed by atoms with Gasteiger partial charge in [0, 0.05) is 24.7 Å². The Bertz CT molecular complexity index is 937. The van der Waals surface area contributed by atoms with E-state index in [1.54, 1.807) is 21.3 Å². The van der Waals surface area contributed by atoms with Gasteiger partial charge in [-0.1, -0.05) is 12.5 Å². The predicted octanol–water partition coefficient (Wildman–Crippen LogP) is 4.55. The Morgan fingerprint density at radius 2 is 1.77 bits per heavy atom. The van der Waals surface area contributed by atoms with Crippen LogP contribution in [0.25, 0.3) is 0 Å². The van der Waals surface area contributed by atoms with E-state index in [0.29, 0.717) is 12.0 Å². The summed E-state index contributed by atoms with van der Waals surface area (Å²) in [6, 6.07) is 9.02. The maximum Gasteiger partial charge on any atom is 0.165 e. The van der Waals surface area contributed by atoms with Crippen molar-refractivity contribution in [1.82, 2.24) is 4.90 Å². The Balaban J connectivity index is 1.45. The van der Waals surface area contributed by atoms with Gasteiger partial charge < -0.3 is 18.9 Å². The van der Waals surface area contributed by atoms with Crippen molar-refractivity contribution >= 4 is 0 Å². The third kappa shape index (κ3) is 3.29. The van der Waals surface area contributed by atoms with Gasteiger partial charge in [-0.2, -0.15) is 0 Å². The number of fused-ring (bicyclic) bond motifs is 4. The molecule has 0 saturated heterocycles. The van der Waals surface area contributed by atoms with Crippen LogP contribution in [0.3, 0.4) is 0 Å². The zero-order valence-electron chi connectivity index (χ0n) is 18.2. The summed E-state index contributed by atoms with van der Waals surface area (Å²) in [5, 5.41) is 0. The van der Waals surface area contributed by atoms with Gasteiger partial charge in [-0.15, -0.1) is 0 Å². The molecule has 3 aliphatic rings.